The molecule has 0 saturated carbocycles. The van der Waals surface area contributed by atoms with E-state index in [1.165, 1.54) is 6.07 Å². The highest BCUT2D eigenvalue weighted by Gasteiger charge is 2.26. The monoisotopic (exact) mass is 332 g/mol. The van der Waals surface area contributed by atoms with Crippen LogP contribution >= 0.6 is 22.6 Å². The molecule has 86 valence electrons. The van der Waals surface area contributed by atoms with Crippen molar-refractivity contribution >= 4 is 28.5 Å². The number of phenolic OH excluding ortho intramolecular Hbond substituents is 1. The van der Waals surface area contributed by atoms with Crippen molar-refractivity contribution in [3.63, 3.8) is 0 Å². The van der Waals surface area contributed by atoms with Crippen molar-refractivity contribution in [1.82, 2.24) is 10.2 Å². The summed E-state index contributed by atoms with van der Waals surface area (Å²) in [5.74, 6) is 0.116. The van der Waals surface area contributed by atoms with Crippen molar-refractivity contribution in [2.75, 3.05) is 20.1 Å². The van der Waals surface area contributed by atoms with Gasteiger partial charge in [-0.2, -0.15) is 0 Å². The van der Waals surface area contributed by atoms with Crippen molar-refractivity contribution in [1.29, 1.82) is 0 Å². The van der Waals surface area contributed by atoms with Crippen LogP contribution in [0.1, 0.15) is 10.4 Å². The van der Waals surface area contributed by atoms with Crippen LogP contribution in [0.5, 0.6) is 5.75 Å². The van der Waals surface area contributed by atoms with Gasteiger partial charge < -0.3 is 15.3 Å². The second kappa shape index (κ2) is 4.58. The first-order valence-electron chi connectivity index (χ1n) is 5.06. The number of hydrogen-bond donors (Lipinski definition) is 2. The molecule has 1 aromatic carbocycles. The van der Waals surface area contributed by atoms with Crippen LogP contribution < -0.4 is 5.32 Å². The Morgan fingerprint density at radius 1 is 1.56 bits per heavy atom. The lowest BCUT2D eigenvalue weighted by Crippen LogP contribution is -2.57. The molecular formula is C11H13IN2O2. The van der Waals surface area contributed by atoms with Crippen molar-refractivity contribution in [3.05, 3.63) is 27.3 Å². The lowest BCUT2D eigenvalue weighted by Gasteiger charge is -2.35. The second-order valence-corrected chi connectivity index (χ2v) is 5.06. The second-order valence-electron chi connectivity index (χ2n) is 3.89. The average Bonchev–Trinajstić information content (AvgIpc) is 2.18. The number of carbonyl (C=O) groups is 1. The number of halogens is 1. The molecule has 2 rings (SSSR count). The van der Waals surface area contributed by atoms with E-state index in [4.69, 9.17) is 0 Å². The van der Waals surface area contributed by atoms with Crippen LogP contribution in [-0.2, 0) is 0 Å². The summed E-state index contributed by atoms with van der Waals surface area (Å²) >= 11 is 2.03. The summed E-state index contributed by atoms with van der Waals surface area (Å²) in [5, 5.41) is 12.7. The Morgan fingerprint density at radius 3 is 2.75 bits per heavy atom. The van der Waals surface area contributed by atoms with Crippen molar-refractivity contribution < 1.29 is 9.90 Å². The normalized spacial score (nSPS) is 15.6. The third kappa shape index (κ3) is 2.15. The molecule has 4 nitrogen and oxygen atoms in total. The minimum absolute atomic E-state index is 0.0433. The van der Waals surface area contributed by atoms with Gasteiger partial charge in [0.05, 0.1) is 9.61 Å². The van der Waals surface area contributed by atoms with Gasteiger partial charge in [0.1, 0.15) is 5.75 Å². The summed E-state index contributed by atoms with van der Waals surface area (Å²) in [6, 6.07) is 5.28. The standard InChI is InChI=1S/C11H13IN2O2/c1-14(8-5-13-6-8)11(16)7-2-3-9(12)10(15)4-7/h2-4,8,13,15H,5-6H2,1H3. The number of carbonyl (C=O) groups excluding carboxylic acids is 1. The van der Waals surface area contributed by atoms with Crippen LogP contribution in [0.15, 0.2) is 18.2 Å². The highest BCUT2D eigenvalue weighted by atomic mass is 127. The molecule has 0 unspecified atom stereocenters. The van der Waals surface area contributed by atoms with Crippen LogP contribution in [0.2, 0.25) is 0 Å². The van der Waals surface area contributed by atoms with E-state index in [9.17, 15) is 9.90 Å². The van der Waals surface area contributed by atoms with E-state index in [0.717, 1.165) is 16.7 Å². The number of nitrogens with one attached hydrogen (secondary N) is 1. The Morgan fingerprint density at radius 2 is 2.25 bits per heavy atom. The highest BCUT2D eigenvalue weighted by molar-refractivity contribution is 14.1. The van der Waals surface area contributed by atoms with Gasteiger partial charge in [-0.1, -0.05) is 0 Å². The summed E-state index contributed by atoms with van der Waals surface area (Å²) in [6.45, 7) is 1.69. The molecule has 0 radical (unpaired) electrons. The Labute approximate surface area is 108 Å². The quantitative estimate of drug-likeness (QED) is 0.796. The minimum atomic E-state index is -0.0433. The van der Waals surface area contributed by atoms with Crippen LogP contribution in [0.4, 0.5) is 0 Å². The first-order valence-corrected chi connectivity index (χ1v) is 6.14. The molecule has 5 heteroatoms. The zero-order valence-corrected chi connectivity index (χ0v) is 11.1. The molecule has 1 aromatic rings. The molecular weight excluding hydrogens is 319 g/mol. The molecule has 0 bridgehead atoms. The lowest BCUT2D eigenvalue weighted by molar-refractivity contribution is 0.0681. The van der Waals surface area contributed by atoms with Gasteiger partial charge in [0.15, 0.2) is 0 Å². The van der Waals surface area contributed by atoms with Gasteiger partial charge in [-0.05, 0) is 40.8 Å². The maximum absolute atomic E-state index is 12.0. The molecule has 1 heterocycles. The van der Waals surface area contributed by atoms with E-state index in [-0.39, 0.29) is 17.7 Å². The van der Waals surface area contributed by atoms with E-state index in [0.29, 0.717) is 5.56 Å². The largest absolute Gasteiger partial charge is 0.507 e. The van der Waals surface area contributed by atoms with E-state index in [2.05, 4.69) is 5.32 Å². The van der Waals surface area contributed by atoms with E-state index >= 15 is 0 Å². The zero-order chi connectivity index (χ0) is 11.7. The van der Waals surface area contributed by atoms with Gasteiger partial charge in [-0.15, -0.1) is 0 Å². The summed E-state index contributed by atoms with van der Waals surface area (Å²) in [7, 11) is 1.79. The molecule has 0 spiro atoms. The van der Waals surface area contributed by atoms with Crippen LogP contribution in [0.3, 0.4) is 0 Å². The Hall–Kier alpha value is -0.820. The molecule has 1 aliphatic rings. The highest BCUT2D eigenvalue weighted by Crippen LogP contribution is 2.21. The summed E-state index contributed by atoms with van der Waals surface area (Å²) in [5.41, 5.74) is 0.535. The van der Waals surface area contributed by atoms with Crippen molar-refractivity contribution in [3.8, 4) is 5.75 Å². The zero-order valence-electron chi connectivity index (χ0n) is 8.90. The molecule has 0 atom stereocenters. The fourth-order valence-corrected chi connectivity index (χ4v) is 1.90. The van der Waals surface area contributed by atoms with Crippen LogP contribution in [0.25, 0.3) is 0 Å². The van der Waals surface area contributed by atoms with Gasteiger partial charge in [0, 0.05) is 25.7 Å². The molecule has 1 aliphatic heterocycles. The summed E-state index contributed by atoms with van der Waals surface area (Å²) in [6.07, 6.45) is 0. The maximum atomic E-state index is 12.0. The predicted octanol–water partition coefficient (Wildman–Crippen LogP) is 1.04. The number of likely N-dealkylation sites (N-methyl/N-ethyl adjacent to an activating group) is 1. The van der Waals surface area contributed by atoms with E-state index < -0.39 is 0 Å². The molecule has 16 heavy (non-hydrogen) atoms. The first kappa shape index (κ1) is 11.7. The summed E-state index contributed by atoms with van der Waals surface area (Å²) < 4.78 is 0.752. The van der Waals surface area contributed by atoms with E-state index in [1.54, 1.807) is 24.1 Å². The van der Waals surface area contributed by atoms with Gasteiger partial charge in [0.2, 0.25) is 0 Å². The predicted molar refractivity (Wildman–Crippen MR) is 69.6 cm³/mol. The Balaban J connectivity index is 2.16. The molecule has 1 amide bonds. The molecule has 0 aliphatic carbocycles. The number of phenols is 1. The van der Waals surface area contributed by atoms with Crippen LogP contribution in [0, 0.1) is 3.57 Å². The van der Waals surface area contributed by atoms with Crippen molar-refractivity contribution in [2.24, 2.45) is 0 Å². The molecule has 1 fully saturated rings. The van der Waals surface area contributed by atoms with Gasteiger partial charge >= 0.3 is 0 Å². The van der Waals surface area contributed by atoms with Gasteiger partial charge in [0.25, 0.3) is 5.91 Å². The number of amides is 1. The third-order valence-corrected chi connectivity index (χ3v) is 3.73. The average molecular weight is 332 g/mol. The molecule has 1 saturated heterocycles. The fourth-order valence-electron chi connectivity index (χ4n) is 1.56. The Bertz CT molecular complexity index is 418. The smallest absolute Gasteiger partial charge is 0.254 e. The maximum Gasteiger partial charge on any atom is 0.254 e. The van der Waals surface area contributed by atoms with E-state index in [1.807, 2.05) is 22.6 Å². The van der Waals surface area contributed by atoms with Crippen LogP contribution in [-0.4, -0.2) is 42.1 Å². The van der Waals surface area contributed by atoms with Crippen molar-refractivity contribution in [2.45, 2.75) is 6.04 Å². The number of aromatic hydroxyl groups is 1. The SMILES string of the molecule is CN(C(=O)c1ccc(I)c(O)c1)C1CNC1. The minimum Gasteiger partial charge on any atom is -0.507 e. The lowest BCUT2D eigenvalue weighted by atomic mass is 10.1. The number of rotatable bonds is 2. The summed E-state index contributed by atoms with van der Waals surface area (Å²) in [4.78, 5) is 13.7. The van der Waals surface area contributed by atoms with Gasteiger partial charge in [-0.3, -0.25) is 4.79 Å². The number of hydrogen-bond acceptors (Lipinski definition) is 3. The Kier molecular flexibility index (Phi) is 3.34. The number of nitrogens with zero attached hydrogens (tertiary/aromatic N) is 1. The third-order valence-electron chi connectivity index (χ3n) is 2.82. The topological polar surface area (TPSA) is 52.6 Å². The molecule has 2 N–H and O–H groups in total. The van der Waals surface area contributed by atoms with Gasteiger partial charge in [-0.25, -0.2) is 0 Å². The number of benzene rings is 1. The fraction of sp³-hybridized carbons (Fsp3) is 0.364. The molecule has 0 aromatic heterocycles. The first-order chi connectivity index (χ1) is 7.59.